The number of ether oxygens (including phenoxy) is 1. The van der Waals surface area contributed by atoms with Crippen molar-refractivity contribution in [1.82, 2.24) is 4.98 Å². The zero-order valence-electron chi connectivity index (χ0n) is 16.3. The molecule has 2 aliphatic rings. The van der Waals surface area contributed by atoms with Crippen LogP contribution in [0, 0.1) is 0 Å². The molecule has 1 N–H and O–H groups in total. The van der Waals surface area contributed by atoms with Crippen LogP contribution in [-0.2, 0) is 5.41 Å². The highest BCUT2D eigenvalue weighted by atomic mass is 32.1. The third-order valence-electron chi connectivity index (χ3n) is 7.19. The Labute approximate surface area is 176 Å². The van der Waals surface area contributed by atoms with Gasteiger partial charge in [-0.1, -0.05) is 48.5 Å². The number of rotatable bonds is 0. The molecule has 2 nitrogen and oxygen atoms in total. The molecular formula is C27H17NOS. The number of benzene rings is 4. The van der Waals surface area contributed by atoms with Crippen LogP contribution in [0.15, 0.2) is 66.7 Å². The topological polar surface area (TPSA) is 25.0 Å². The standard InChI is InChI=1S/C27H17NOS/c1-27-13-19-23-16(26(27)29-20-8-4-3-7-18(20)27)11-10-14-12-17-15-6-2-5-9-21(15)30-25(17)24(28-19)22(14)23/h2-13,26,28H,1H3. The van der Waals surface area contributed by atoms with Crippen molar-refractivity contribution in [3.63, 3.8) is 0 Å². The molecule has 0 saturated carbocycles. The summed E-state index contributed by atoms with van der Waals surface area (Å²) in [6.45, 7) is 2.31. The van der Waals surface area contributed by atoms with E-state index in [1.54, 1.807) is 0 Å². The molecule has 0 radical (unpaired) electrons. The maximum atomic E-state index is 6.53. The van der Waals surface area contributed by atoms with E-state index < -0.39 is 0 Å². The first-order valence-corrected chi connectivity index (χ1v) is 11.2. The van der Waals surface area contributed by atoms with Crippen LogP contribution < -0.4 is 10.1 Å². The first-order valence-electron chi connectivity index (χ1n) is 10.4. The average molecular weight is 404 g/mol. The normalized spacial score (nSPS) is 21.8. The summed E-state index contributed by atoms with van der Waals surface area (Å²) in [7, 11) is 0. The van der Waals surface area contributed by atoms with E-state index in [-0.39, 0.29) is 11.5 Å². The van der Waals surface area contributed by atoms with Crippen LogP contribution in [0.5, 0.6) is 5.75 Å². The van der Waals surface area contributed by atoms with Crippen LogP contribution in [0.1, 0.15) is 24.2 Å². The number of H-pyrrole nitrogens is 1. The third-order valence-corrected chi connectivity index (χ3v) is 8.40. The van der Waals surface area contributed by atoms with Crippen molar-refractivity contribution in [2.24, 2.45) is 0 Å². The van der Waals surface area contributed by atoms with E-state index in [9.17, 15) is 0 Å². The van der Waals surface area contributed by atoms with E-state index in [4.69, 9.17) is 4.74 Å². The highest BCUT2D eigenvalue weighted by Crippen LogP contribution is 2.54. The van der Waals surface area contributed by atoms with Crippen molar-refractivity contribution >= 4 is 59.3 Å². The predicted octanol–water partition coefficient (Wildman–Crippen LogP) is 6.59. The highest BCUT2D eigenvalue weighted by molar-refractivity contribution is 7.26. The number of aromatic amines is 1. The first kappa shape index (κ1) is 15.5. The quantitative estimate of drug-likeness (QED) is 0.304. The minimum atomic E-state index is -0.166. The lowest BCUT2D eigenvalue weighted by molar-refractivity contribution is 0.191. The Morgan fingerprint density at radius 1 is 0.933 bits per heavy atom. The SMILES string of the molecule is CC12C=c3[nH]c4c5sc6ccccc6c5cc5ccc(c3c54)C1Oc1ccccc12. The van der Waals surface area contributed by atoms with Gasteiger partial charge >= 0.3 is 0 Å². The average Bonchev–Trinajstić information content (AvgIpc) is 3.41. The Bertz CT molecular complexity index is 1750. The monoisotopic (exact) mass is 403 g/mol. The summed E-state index contributed by atoms with van der Waals surface area (Å²) < 4.78 is 9.22. The molecule has 0 spiro atoms. The van der Waals surface area contributed by atoms with Gasteiger partial charge in [0, 0.05) is 42.7 Å². The third kappa shape index (κ3) is 1.61. The number of thiophene rings is 1. The summed E-state index contributed by atoms with van der Waals surface area (Å²) in [4.78, 5) is 3.84. The molecular weight excluding hydrogens is 386 g/mol. The second-order valence-corrected chi connectivity index (χ2v) is 9.87. The zero-order valence-corrected chi connectivity index (χ0v) is 17.1. The molecule has 0 bridgehead atoms. The Morgan fingerprint density at radius 3 is 2.77 bits per heavy atom. The van der Waals surface area contributed by atoms with E-state index in [1.165, 1.54) is 58.3 Å². The van der Waals surface area contributed by atoms with E-state index in [2.05, 4.69) is 84.7 Å². The smallest absolute Gasteiger partial charge is 0.137 e. The summed E-state index contributed by atoms with van der Waals surface area (Å²) in [6.07, 6.45) is 2.42. The number of nitrogens with one attached hydrogen (secondary N) is 1. The van der Waals surface area contributed by atoms with Crippen molar-refractivity contribution in [3.8, 4) is 5.75 Å². The molecule has 3 heterocycles. The van der Waals surface area contributed by atoms with Crippen LogP contribution in [0.2, 0.25) is 0 Å². The number of para-hydroxylation sites is 1. The van der Waals surface area contributed by atoms with E-state index in [1.807, 2.05) is 11.3 Å². The van der Waals surface area contributed by atoms with Crippen molar-refractivity contribution < 1.29 is 4.74 Å². The summed E-state index contributed by atoms with van der Waals surface area (Å²) >= 11 is 1.89. The molecule has 30 heavy (non-hydrogen) atoms. The van der Waals surface area contributed by atoms with Crippen molar-refractivity contribution in [3.05, 3.63) is 83.2 Å². The zero-order chi connectivity index (χ0) is 19.6. The lowest BCUT2D eigenvalue weighted by Gasteiger charge is -2.30. The molecule has 4 aromatic carbocycles. The van der Waals surface area contributed by atoms with Gasteiger partial charge in [-0.2, -0.15) is 0 Å². The van der Waals surface area contributed by atoms with E-state index >= 15 is 0 Å². The van der Waals surface area contributed by atoms with Gasteiger partial charge in [-0.3, -0.25) is 0 Å². The summed E-state index contributed by atoms with van der Waals surface area (Å²) in [5.41, 5.74) is 3.67. The van der Waals surface area contributed by atoms with Gasteiger partial charge < -0.3 is 9.72 Å². The van der Waals surface area contributed by atoms with Crippen molar-refractivity contribution in [2.75, 3.05) is 0 Å². The lowest BCUT2D eigenvalue weighted by atomic mass is 9.73. The van der Waals surface area contributed by atoms with Crippen molar-refractivity contribution in [1.29, 1.82) is 0 Å². The molecule has 2 atom stereocenters. The Balaban J connectivity index is 1.57. The molecule has 0 fully saturated rings. The summed E-state index contributed by atoms with van der Waals surface area (Å²) in [5, 5.41) is 7.90. The molecule has 8 rings (SSSR count). The van der Waals surface area contributed by atoms with Gasteiger partial charge in [-0.05, 0) is 36.6 Å². The summed E-state index contributed by atoms with van der Waals surface area (Å²) in [5.74, 6) is 1.01. The fourth-order valence-corrected chi connectivity index (χ4v) is 7.05. The maximum absolute atomic E-state index is 6.53. The van der Waals surface area contributed by atoms with Gasteiger partial charge in [0.25, 0.3) is 0 Å². The summed E-state index contributed by atoms with van der Waals surface area (Å²) in [6, 6.07) is 24.2. The molecule has 3 heteroatoms. The molecule has 2 unspecified atom stereocenters. The predicted molar refractivity (Wildman–Crippen MR) is 126 cm³/mol. The Kier molecular flexibility index (Phi) is 2.52. The fraction of sp³-hybridized carbons (Fsp3) is 0.111. The fourth-order valence-electron chi connectivity index (χ4n) is 5.87. The molecule has 6 aromatic rings. The number of fused-ring (bicyclic) bond motifs is 8. The van der Waals surface area contributed by atoms with Gasteiger partial charge in [-0.25, -0.2) is 0 Å². The molecule has 142 valence electrons. The maximum Gasteiger partial charge on any atom is 0.137 e. The second-order valence-electron chi connectivity index (χ2n) is 8.81. The minimum Gasteiger partial charge on any atom is -0.484 e. The van der Waals surface area contributed by atoms with Crippen molar-refractivity contribution in [2.45, 2.75) is 18.4 Å². The molecule has 0 saturated heterocycles. The van der Waals surface area contributed by atoms with Crippen LogP contribution in [-0.4, -0.2) is 4.98 Å². The van der Waals surface area contributed by atoms with E-state index in [0.29, 0.717) is 0 Å². The van der Waals surface area contributed by atoms with E-state index in [0.717, 1.165) is 5.75 Å². The van der Waals surface area contributed by atoms with Gasteiger partial charge in [0.2, 0.25) is 0 Å². The van der Waals surface area contributed by atoms with Gasteiger partial charge in [0.1, 0.15) is 11.9 Å². The first-order chi connectivity index (χ1) is 14.7. The number of hydrogen-bond acceptors (Lipinski definition) is 2. The largest absolute Gasteiger partial charge is 0.484 e. The van der Waals surface area contributed by atoms with Crippen LogP contribution in [0.3, 0.4) is 0 Å². The number of aromatic nitrogens is 1. The molecule has 2 aromatic heterocycles. The highest BCUT2D eigenvalue weighted by Gasteiger charge is 2.47. The molecule has 0 amide bonds. The van der Waals surface area contributed by atoms with Crippen LogP contribution >= 0.6 is 11.3 Å². The van der Waals surface area contributed by atoms with Gasteiger partial charge in [0.05, 0.1) is 15.6 Å². The Hall–Kier alpha value is -3.30. The molecule has 1 aliphatic carbocycles. The van der Waals surface area contributed by atoms with Crippen LogP contribution in [0.4, 0.5) is 0 Å². The van der Waals surface area contributed by atoms with Gasteiger partial charge in [-0.15, -0.1) is 11.3 Å². The van der Waals surface area contributed by atoms with Gasteiger partial charge in [0.15, 0.2) is 0 Å². The lowest BCUT2D eigenvalue weighted by Crippen LogP contribution is -2.32. The number of hydrogen-bond donors (Lipinski definition) is 1. The van der Waals surface area contributed by atoms with Crippen LogP contribution in [0.25, 0.3) is 47.9 Å². The minimum absolute atomic E-state index is 0.0175. The molecule has 1 aliphatic heterocycles. The second kappa shape index (κ2) is 4.88. The Morgan fingerprint density at radius 2 is 1.80 bits per heavy atom.